The van der Waals surface area contributed by atoms with Crippen molar-refractivity contribution in [2.75, 3.05) is 23.4 Å². The van der Waals surface area contributed by atoms with Gasteiger partial charge in [0.15, 0.2) is 6.61 Å². The van der Waals surface area contributed by atoms with Crippen LogP contribution in [0.5, 0.6) is 0 Å². The molecular weight excluding hydrogens is 391 g/mol. The van der Waals surface area contributed by atoms with E-state index in [0.717, 1.165) is 6.42 Å². The lowest BCUT2D eigenvalue weighted by atomic mass is 10.2. The minimum atomic E-state index is -0.663. The maximum Gasteiger partial charge on any atom is 0.338 e. The first-order valence-electron chi connectivity index (χ1n) is 8.27. The summed E-state index contributed by atoms with van der Waals surface area (Å²) in [6.45, 7) is 0.131. The van der Waals surface area contributed by atoms with Crippen LogP contribution in [-0.4, -0.2) is 30.9 Å². The summed E-state index contributed by atoms with van der Waals surface area (Å²) in [7, 11) is 0. The molecule has 1 heterocycles. The molecular formula is C19H16Cl2N2O4. The van der Waals surface area contributed by atoms with E-state index in [-0.39, 0.29) is 27.2 Å². The average Bonchev–Trinajstić information content (AvgIpc) is 3.09. The van der Waals surface area contributed by atoms with Crippen LogP contribution in [-0.2, 0) is 14.3 Å². The van der Waals surface area contributed by atoms with Crippen molar-refractivity contribution in [2.24, 2.45) is 0 Å². The summed E-state index contributed by atoms with van der Waals surface area (Å²) in [5.74, 6) is -1.20. The van der Waals surface area contributed by atoms with Crippen LogP contribution in [0.25, 0.3) is 0 Å². The van der Waals surface area contributed by atoms with Gasteiger partial charge in [0.25, 0.3) is 5.91 Å². The van der Waals surface area contributed by atoms with Gasteiger partial charge in [-0.2, -0.15) is 0 Å². The molecule has 1 fully saturated rings. The van der Waals surface area contributed by atoms with Crippen LogP contribution in [0.15, 0.2) is 42.5 Å². The van der Waals surface area contributed by atoms with Crippen LogP contribution in [0.2, 0.25) is 10.0 Å². The van der Waals surface area contributed by atoms with E-state index < -0.39 is 18.5 Å². The number of benzene rings is 2. The van der Waals surface area contributed by atoms with Gasteiger partial charge in [-0.3, -0.25) is 9.59 Å². The molecule has 0 aromatic heterocycles. The van der Waals surface area contributed by atoms with E-state index in [1.165, 1.54) is 0 Å². The average molecular weight is 407 g/mol. The van der Waals surface area contributed by atoms with Crippen molar-refractivity contribution in [1.82, 2.24) is 0 Å². The molecule has 0 unspecified atom stereocenters. The van der Waals surface area contributed by atoms with E-state index in [9.17, 15) is 14.4 Å². The quantitative estimate of drug-likeness (QED) is 0.763. The van der Waals surface area contributed by atoms with Gasteiger partial charge in [-0.15, -0.1) is 0 Å². The predicted molar refractivity (Wildman–Crippen MR) is 103 cm³/mol. The molecule has 2 amide bonds. The second kappa shape index (κ2) is 8.41. The number of para-hydroxylation sites is 1. The normalized spacial score (nSPS) is 13.6. The van der Waals surface area contributed by atoms with Crippen LogP contribution in [0.3, 0.4) is 0 Å². The lowest BCUT2D eigenvalue weighted by Crippen LogP contribution is -2.24. The first-order valence-corrected chi connectivity index (χ1v) is 9.02. The van der Waals surface area contributed by atoms with E-state index in [1.807, 2.05) is 0 Å². The standard InChI is InChI=1S/C19H16Cl2N2O4/c20-14-6-2-7-15(21)18(14)22-16(24)11-27-19(26)12-4-1-5-13(10-12)23-9-3-8-17(23)25/h1-2,4-7,10H,3,8-9,11H2,(H,22,24). The number of hydrogen-bond acceptors (Lipinski definition) is 4. The third-order valence-corrected chi connectivity index (χ3v) is 4.66. The fourth-order valence-electron chi connectivity index (χ4n) is 2.73. The highest BCUT2D eigenvalue weighted by Crippen LogP contribution is 2.29. The number of carbonyl (C=O) groups excluding carboxylic acids is 3. The molecule has 27 heavy (non-hydrogen) atoms. The molecule has 6 nitrogen and oxygen atoms in total. The summed E-state index contributed by atoms with van der Waals surface area (Å²) >= 11 is 12.0. The molecule has 1 aliphatic heterocycles. The molecule has 1 aliphatic rings. The minimum Gasteiger partial charge on any atom is -0.452 e. The first-order chi connectivity index (χ1) is 13.0. The Bertz CT molecular complexity index is 881. The highest BCUT2D eigenvalue weighted by atomic mass is 35.5. The van der Waals surface area contributed by atoms with Crippen LogP contribution in [0, 0.1) is 0 Å². The van der Waals surface area contributed by atoms with E-state index in [2.05, 4.69) is 5.32 Å². The smallest absolute Gasteiger partial charge is 0.338 e. The van der Waals surface area contributed by atoms with Crippen molar-refractivity contribution in [3.63, 3.8) is 0 Å². The number of carbonyl (C=O) groups is 3. The molecule has 0 aliphatic carbocycles. The predicted octanol–water partition coefficient (Wildman–Crippen LogP) is 3.92. The number of hydrogen-bond donors (Lipinski definition) is 1. The van der Waals surface area contributed by atoms with Crippen molar-refractivity contribution in [1.29, 1.82) is 0 Å². The second-order valence-corrected chi connectivity index (χ2v) is 6.73. The summed E-state index contributed by atoms with van der Waals surface area (Å²) in [5.41, 5.74) is 1.16. The van der Waals surface area contributed by atoms with E-state index in [4.69, 9.17) is 27.9 Å². The Kier molecular flexibility index (Phi) is 5.98. The van der Waals surface area contributed by atoms with E-state index >= 15 is 0 Å². The molecule has 3 rings (SSSR count). The Morgan fingerprint density at radius 1 is 1.11 bits per heavy atom. The Morgan fingerprint density at radius 3 is 2.48 bits per heavy atom. The summed E-state index contributed by atoms with van der Waals surface area (Å²) in [5, 5.41) is 3.08. The number of esters is 1. The van der Waals surface area contributed by atoms with Crippen LogP contribution in [0.1, 0.15) is 23.2 Å². The SMILES string of the molecule is O=C(COC(=O)c1cccc(N2CCCC2=O)c1)Nc1c(Cl)cccc1Cl. The molecule has 0 spiro atoms. The molecule has 2 aromatic carbocycles. The fraction of sp³-hybridized carbons (Fsp3) is 0.211. The maximum atomic E-state index is 12.2. The van der Waals surface area contributed by atoms with Crippen LogP contribution < -0.4 is 10.2 Å². The zero-order valence-corrected chi connectivity index (χ0v) is 15.7. The lowest BCUT2D eigenvalue weighted by molar-refractivity contribution is -0.119. The van der Waals surface area contributed by atoms with Gasteiger partial charge in [-0.25, -0.2) is 4.79 Å². The third kappa shape index (κ3) is 4.59. The molecule has 0 atom stereocenters. The number of halogens is 2. The van der Waals surface area contributed by atoms with Crippen LogP contribution >= 0.6 is 23.2 Å². The van der Waals surface area contributed by atoms with Gasteiger partial charge in [0.2, 0.25) is 5.91 Å². The van der Waals surface area contributed by atoms with Gasteiger partial charge in [-0.05, 0) is 36.8 Å². The molecule has 0 bridgehead atoms. The molecule has 1 N–H and O–H groups in total. The molecule has 0 saturated carbocycles. The molecule has 2 aromatic rings. The Labute approximate surface area is 166 Å². The van der Waals surface area contributed by atoms with Crippen molar-refractivity contribution >= 4 is 52.4 Å². The Hall–Kier alpha value is -2.57. The fourth-order valence-corrected chi connectivity index (χ4v) is 3.22. The number of ether oxygens (including phenoxy) is 1. The Balaban J connectivity index is 1.61. The number of nitrogens with zero attached hydrogens (tertiary/aromatic N) is 1. The summed E-state index contributed by atoms with van der Waals surface area (Å²) < 4.78 is 5.05. The molecule has 8 heteroatoms. The topological polar surface area (TPSA) is 75.7 Å². The molecule has 1 saturated heterocycles. The van der Waals surface area contributed by atoms with E-state index in [0.29, 0.717) is 18.7 Å². The highest BCUT2D eigenvalue weighted by Gasteiger charge is 2.22. The van der Waals surface area contributed by atoms with Gasteiger partial charge >= 0.3 is 5.97 Å². The zero-order chi connectivity index (χ0) is 19.4. The summed E-state index contributed by atoms with van der Waals surface area (Å²) in [6, 6.07) is 11.4. The number of amides is 2. The zero-order valence-electron chi connectivity index (χ0n) is 14.2. The largest absolute Gasteiger partial charge is 0.452 e. The van der Waals surface area contributed by atoms with Gasteiger partial charge in [0, 0.05) is 18.7 Å². The molecule has 140 valence electrons. The van der Waals surface area contributed by atoms with Gasteiger partial charge in [-0.1, -0.05) is 35.3 Å². The number of nitrogens with one attached hydrogen (secondary N) is 1. The highest BCUT2D eigenvalue weighted by molar-refractivity contribution is 6.39. The first kappa shape index (κ1) is 19.2. The third-order valence-electron chi connectivity index (χ3n) is 4.03. The van der Waals surface area contributed by atoms with Gasteiger partial charge in [0.05, 0.1) is 21.3 Å². The second-order valence-electron chi connectivity index (χ2n) is 5.92. The van der Waals surface area contributed by atoms with Crippen molar-refractivity contribution in [3.05, 3.63) is 58.1 Å². The maximum absolute atomic E-state index is 12.2. The summed E-state index contributed by atoms with van der Waals surface area (Å²) in [4.78, 5) is 37.7. The van der Waals surface area contributed by atoms with Crippen molar-refractivity contribution < 1.29 is 19.1 Å². The number of anilines is 2. The summed E-state index contributed by atoms with van der Waals surface area (Å²) in [6.07, 6.45) is 1.29. The number of rotatable bonds is 5. The lowest BCUT2D eigenvalue weighted by Gasteiger charge is -2.16. The van der Waals surface area contributed by atoms with Crippen molar-refractivity contribution in [2.45, 2.75) is 12.8 Å². The van der Waals surface area contributed by atoms with E-state index in [1.54, 1.807) is 47.4 Å². The van der Waals surface area contributed by atoms with Gasteiger partial charge < -0.3 is 15.0 Å². The Morgan fingerprint density at radius 2 is 1.81 bits per heavy atom. The van der Waals surface area contributed by atoms with Crippen molar-refractivity contribution in [3.8, 4) is 0 Å². The minimum absolute atomic E-state index is 0.0245. The van der Waals surface area contributed by atoms with Gasteiger partial charge in [0.1, 0.15) is 0 Å². The van der Waals surface area contributed by atoms with Crippen LogP contribution in [0.4, 0.5) is 11.4 Å². The molecule has 0 radical (unpaired) electrons. The monoisotopic (exact) mass is 406 g/mol.